The summed E-state index contributed by atoms with van der Waals surface area (Å²) in [5.74, 6) is 0.357. The van der Waals surface area contributed by atoms with E-state index in [-0.39, 0.29) is 11.9 Å². The van der Waals surface area contributed by atoms with Crippen molar-refractivity contribution < 1.29 is 9.32 Å². The lowest BCUT2D eigenvalue weighted by Gasteiger charge is -2.37. The van der Waals surface area contributed by atoms with Gasteiger partial charge in [0.25, 0.3) is 0 Å². The third-order valence-corrected chi connectivity index (χ3v) is 4.86. The molecule has 3 rings (SSSR count). The fourth-order valence-corrected chi connectivity index (χ4v) is 3.15. The topological polar surface area (TPSA) is 61.6 Å². The third kappa shape index (κ3) is 4.46. The monoisotopic (exact) mass is 342 g/mol. The molecule has 1 unspecified atom stereocenters. The van der Waals surface area contributed by atoms with Gasteiger partial charge in [-0.2, -0.15) is 0 Å². The summed E-state index contributed by atoms with van der Waals surface area (Å²) in [6, 6.07) is 10.1. The average molecular weight is 342 g/mol. The van der Waals surface area contributed by atoms with E-state index in [0.29, 0.717) is 5.88 Å². The van der Waals surface area contributed by atoms with Gasteiger partial charge in [-0.15, -0.1) is 0 Å². The minimum absolute atomic E-state index is 0.0523. The number of hydrogen-bond donors (Lipinski definition) is 1. The molecule has 1 atom stereocenters. The van der Waals surface area contributed by atoms with Crippen LogP contribution in [0.1, 0.15) is 23.7 Å². The number of nitrogens with zero attached hydrogens (tertiary/aromatic N) is 3. The van der Waals surface area contributed by atoms with E-state index in [1.807, 2.05) is 13.8 Å². The van der Waals surface area contributed by atoms with Crippen molar-refractivity contribution >= 4 is 11.8 Å². The summed E-state index contributed by atoms with van der Waals surface area (Å²) in [5.41, 5.74) is 3.47. The van der Waals surface area contributed by atoms with Crippen LogP contribution in [-0.4, -0.2) is 53.1 Å². The standard InChI is InChI=1S/C19H26N4O2/c1-14-6-4-5-7-17(14)13-22-8-10-23(11-9-22)16(3)19(24)20-18-12-15(2)21-25-18/h4-7,12,16H,8-11,13H2,1-3H3,(H,20,24). The van der Waals surface area contributed by atoms with Gasteiger partial charge in [0.05, 0.1) is 11.7 Å². The first kappa shape index (κ1) is 17.6. The maximum Gasteiger partial charge on any atom is 0.243 e. The Labute approximate surface area is 148 Å². The molecule has 1 N–H and O–H groups in total. The number of piperazine rings is 1. The van der Waals surface area contributed by atoms with Gasteiger partial charge < -0.3 is 4.52 Å². The molecule has 0 radical (unpaired) electrons. The minimum Gasteiger partial charge on any atom is -0.338 e. The number of carbonyl (C=O) groups is 1. The molecule has 1 saturated heterocycles. The van der Waals surface area contributed by atoms with Crippen molar-refractivity contribution in [3.8, 4) is 0 Å². The molecule has 1 fully saturated rings. The number of aromatic nitrogens is 1. The molecule has 0 bridgehead atoms. The van der Waals surface area contributed by atoms with Crippen LogP contribution >= 0.6 is 0 Å². The zero-order valence-electron chi connectivity index (χ0n) is 15.2. The second-order valence-corrected chi connectivity index (χ2v) is 6.74. The zero-order chi connectivity index (χ0) is 17.8. The number of nitrogens with one attached hydrogen (secondary N) is 1. The number of rotatable bonds is 5. The average Bonchev–Trinajstić information content (AvgIpc) is 3.02. The van der Waals surface area contributed by atoms with Crippen molar-refractivity contribution in [2.45, 2.75) is 33.4 Å². The lowest BCUT2D eigenvalue weighted by molar-refractivity contribution is -0.121. The van der Waals surface area contributed by atoms with Gasteiger partial charge in [-0.25, -0.2) is 0 Å². The summed E-state index contributed by atoms with van der Waals surface area (Å²) in [6.07, 6.45) is 0. The Morgan fingerprint density at radius 1 is 1.24 bits per heavy atom. The van der Waals surface area contributed by atoms with E-state index in [4.69, 9.17) is 4.52 Å². The summed E-state index contributed by atoms with van der Waals surface area (Å²) in [7, 11) is 0. The van der Waals surface area contributed by atoms with Crippen LogP contribution in [0.15, 0.2) is 34.9 Å². The Morgan fingerprint density at radius 3 is 2.60 bits per heavy atom. The van der Waals surface area contributed by atoms with Gasteiger partial charge in [0.2, 0.25) is 11.8 Å². The van der Waals surface area contributed by atoms with Crippen molar-refractivity contribution in [2.24, 2.45) is 0 Å². The Morgan fingerprint density at radius 2 is 1.96 bits per heavy atom. The maximum atomic E-state index is 12.4. The van der Waals surface area contributed by atoms with Crippen LogP contribution in [0.4, 0.5) is 5.88 Å². The van der Waals surface area contributed by atoms with Crippen molar-refractivity contribution in [3.05, 3.63) is 47.2 Å². The Balaban J connectivity index is 1.49. The van der Waals surface area contributed by atoms with Crippen molar-refractivity contribution in [1.29, 1.82) is 0 Å². The molecule has 1 aromatic carbocycles. The van der Waals surface area contributed by atoms with Crippen molar-refractivity contribution in [1.82, 2.24) is 15.0 Å². The SMILES string of the molecule is Cc1cc(NC(=O)C(C)N2CCN(Cc3ccccc3C)CC2)on1. The molecule has 1 aliphatic heterocycles. The number of anilines is 1. The lowest BCUT2D eigenvalue weighted by Crippen LogP contribution is -2.52. The molecule has 2 aromatic rings. The van der Waals surface area contributed by atoms with E-state index in [1.54, 1.807) is 6.07 Å². The highest BCUT2D eigenvalue weighted by Crippen LogP contribution is 2.15. The molecule has 6 heteroatoms. The van der Waals surface area contributed by atoms with Crippen LogP contribution in [0, 0.1) is 13.8 Å². The highest BCUT2D eigenvalue weighted by Gasteiger charge is 2.26. The van der Waals surface area contributed by atoms with Crippen molar-refractivity contribution in [3.63, 3.8) is 0 Å². The largest absolute Gasteiger partial charge is 0.338 e. The number of carbonyl (C=O) groups excluding carboxylic acids is 1. The van der Waals surface area contributed by atoms with E-state index in [0.717, 1.165) is 38.4 Å². The summed E-state index contributed by atoms with van der Waals surface area (Å²) in [5, 5.41) is 6.58. The summed E-state index contributed by atoms with van der Waals surface area (Å²) >= 11 is 0. The van der Waals surface area contributed by atoms with E-state index in [1.165, 1.54) is 11.1 Å². The Hall–Kier alpha value is -2.18. The second-order valence-electron chi connectivity index (χ2n) is 6.74. The zero-order valence-corrected chi connectivity index (χ0v) is 15.2. The van der Waals surface area contributed by atoms with Gasteiger partial charge in [-0.1, -0.05) is 29.4 Å². The highest BCUT2D eigenvalue weighted by molar-refractivity contribution is 5.93. The van der Waals surface area contributed by atoms with Crippen LogP contribution in [-0.2, 0) is 11.3 Å². The van der Waals surface area contributed by atoms with E-state index < -0.39 is 0 Å². The number of benzene rings is 1. The first-order valence-electron chi connectivity index (χ1n) is 8.78. The van der Waals surface area contributed by atoms with Crippen molar-refractivity contribution in [2.75, 3.05) is 31.5 Å². The van der Waals surface area contributed by atoms with Gasteiger partial charge in [-0.3, -0.25) is 19.9 Å². The van der Waals surface area contributed by atoms with E-state index in [2.05, 4.69) is 51.5 Å². The Kier molecular flexibility index (Phi) is 5.50. The summed E-state index contributed by atoms with van der Waals surface area (Å²) < 4.78 is 5.06. The van der Waals surface area contributed by atoms with Crippen LogP contribution in [0.3, 0.4) is 0 Å². The molecule has 1 aromatic heterocycles. The summed E-state index contributed by atoms with van der Waals surface area (Å²) in [6.45, 7) is 10.6. The van der Waals surface area contributed by atoms with Gasteiger partial charge >= 0.3 is 0 Å². The third-order valence-electron chi connectivity index (χ3n) is 4.86. The lowest BCUT2D eigenvalue weighted by atomic mass is 10.1. The molecular formula is C19H26N4O2. The fraction of sp³-hybridized carbons (Fsp3) is 0.474. The van der Waals surface area contributed by atoms with Gasteiger partial charge in [-0.05, 0) is 31.9 Å². The number of aryl methyl sites for hydroxylation is 2. The van der Waals surface area contributed by atoms with Crippen LogP contribution in [0.2, 0.25) is 0 Å². The van der Waals surface area contributed by atoms with Crippen LogP contribution in [0.25, 0.3) is 0 Å². The molecule has 0 saturated carbocycles. The molecule has 1 amide bonds. The first-order valence-corrected chi connectivity index (χ1v) is 8.78. The molecule has 1 aliphatic rings. The first-order chi connectivity index (χ1) is 12.0. The number of hydrogen-bond acceptors (Lipinski definition) is 5. The van der Waals surface area contributed by atoms with Crippen LogP contribution in [0.5, 0.6) is 0 Å². The van der Waals surface area contributed by atoms with Gasteiger partial charge in [0.1, 0.15) is 0 Å². The van der Waals surface area contributed by atoms with Crippen LogP contribution < -0.4 is 5.32 Å². The minimum atomic E-state index is -0.189. The predicted molar refractivity (Wildman–Crippen MR) is 97.4 cm³/mol. The molecule has 6 nitrogen and oxygen atoms in total. The predicted octanol–water partition coefficient (Wildman–Crippen LogP) is 2.44. The fourth-order valence-electron chi connectivity index (χ4n) is 3.15. The van der Waals surface area contributed by atoms with Gasteiger partial charge in [0, 0.05) is 38.8 Å². The molecule has 0 spiro atoms. The smallest absolute Gasteiger partial charge is 0.243 e. The highest BCUT2D eigenvalue weighted by atomic mass is 16.5. The quantitative estimate of drug-likeness (QED) is 0.904. The molecule has 134 valence electrons. The normalized spacial score (nSPS) is 17.4. The van der Waals surface area contributed by atoms with E-state index in [9.17, 15) is 4.79 Å². The number of amides is 1. The summed E-state index contributed by atoms with van der Waals surface area (Å²) in [4.78, 5) is 17.0. The Bertz CT molecular complexity index is 720. The van der Waals surface area contributed by atoms with E-state index >= 15 is 0 Å². The molecule has 25 heavy (non-hydrogen) atoms. The maximum absolute atomic E-state index is 12.4. The van der Waals surface area contributed by atoms with Gasteiger partial charge in [0.15, 0.2) is 0 Å². The molecule has 2 heterocycles. The molecule has 0 aliphatic carbocycles. The second kappa shape index (κ2) is 7.80. The molecular weight excluding hydrogens is 316 g/mol.